The molecule has 3 amide bonds. The number of nitrogens with zero attached hydrogens (tertiary/aromatic N) is 2. The van der Waals surface area contributed by atoms with Gasteiger partial charge in [-0.2, -0.15) is 0 Å². The van der Waals surface area contributed by atoms with Crippen LogP contribution in [0.1, 0.15) is 43.5 Å². The number of thiazole rings is 1. The lowest BCUT2D eigenvalue weighted by Gasteiger charge is -2.22. The number of carbonyl (C=O) groups excluding carboxylic acids is 2. The van der Waals surface area contributed by atoms with Gasteiger partial charge in [0.1, 0.15) is 0 Å². The molecule has 0 saturated heterocycles. The van der Waals surface area contributed by atoms with Crippen LogP contribution in [0.4, 0.5) is 9.93 Å². The molecule has 0 spiro atoms. The number of hydrogen-bond donors (Lipinski definition) is 3. The number of pyridine rings is 1. The Balaban J connectivity index is 1.42. The smallest absolute Gasteiger partial charge is 0.321 e. The standard InChI is InChI=1S/C18H23N5O2S/c24-16(20-11-14-8-4-5-9-19-14)10-15-12-26-18(22-15)23-17(25)21-13-6-2-1-3-7-13/h4-5,8-9,12-13H,1-3,6-7,10-11H2,(H,20,24)(H2,21,22,23,25). The number of rotatable bonds is 6. The Bertz CT molecular complexity index is 728. The predicted octanol–water partition coefficient (Wildman–Crippen LogP) is 2.85. The normalized spacial score (nSPS) is 14.6. The lowest BCUT2D eigenvalue weighted by atomic mass is 9.96. The molecule has 2 heterocycles. The van der Waals surface area contributed by atoms with Crippen LogP contribution in [0.15, 0.2) is 29.8 Å². The topological polar surface area (TPSA) is 96.0 Å². The first-order chi connectivity index (χ1) is 12.7. The monoisotopic (exact) mass is 373 g/mol. The molecule has 0 atom stereocenters. The van der Waals surface area contributed by atoms with Gasteiger partial charge in [0.05, 0.1) is 24.4 Å². The van der Waals surface area contributed by atoms with Crippen molar-refractivity contribution in [2.45, 2.75) is 51.1 Å². The Hall–Kier alpha value is -2.48. The first kappa shape index (κ1) is 18.3. The summed E-state index contributed by atoms with van der Waals surface area (Å²) in [5, 5.41) is 10.9. The molecule has 1 aliphatic carbocycles. The van der Waals surface area contributed by atoms with E-state index in [4.69, 9.17) is 0 Å². The first-order valence-electron chi connectivity index (χ1n) is 8.87. The van der Waals surface area contributed by atoms with Gasteiger partial charge in [0.15, 0.2) is 5.13 Å². The summed E-state index contributed by atoms with van der Waals surface area (Å²) < 4.78 is 0. The average Bonchev–Trinajstić information content (AvgIpc) is 3.08. The Morgan fingerprint density at radius 3 is 2.77 bits per heavy atom. The number of amides is 3. The Kier molecular flexibility index (Phi) is 6.54. The van der Waals surface area contributed by atoms with Crippen LogP contribution in [0.3, 0.4) is 0 Å². The number of hydrogen-bond acceptors (Lipinski definition) is 5. The van der Waals surface area contributed by atoms with E-state index in [0.29, 0.717) is 17.4 Å². The van der Waals surface area contributed by atoms with Gasteiger partial charge in [0.25, 0.3) is 0 Å². The zero-order valence-electron chi connectivity index (χ0n) is 14.5. The van der Waals surface area contributed by atoms with Gasteiger partial charge in [-0.25, -0.2) is 9.78 Å². The third-order valence-corrected chi connectivity index (χ3v) is 5.05. The van der Waals surface area contributed by atoms with Crippen LogP contribution in [-0.2, 0) is 17.8 Å². The minimum atomic E-state index is -0.225. The summed E-state index contributed by atoms with van der Waals surface area (Å²) in [6, 6.07) is 5.60. The average molecular weight is 373 g/mol. The van der Waals surface area contributed by atoms with E-state index in [2.05, 4.69) is 25.9 Å². The number of carbonyl (C=O) groups is 2. The van der Waals surface area contributed by atoms with Crippen LogP contribution >= 0.6 is 11.3 Å². The molecule has 1 aliphatic rings. The third kappa shape index (κ3) is 5.80. The molecule has 0 aromatic carbocycles. The summed E-state index contributed by atoms with van der Waals surface area (Å²) in [7, 11) is 0. The molecule has 2 aromatic rings. The summed E-state index contributed by atoms with van der Waals surface area (Å²) in [5.41, 5.74) is 1.45. The molecular weight excluding hydrogens is 350 g/mol. The summed E-state index contributed by atoms with van der Waals surface area (Å²) >= 11 is 1.32. The number of urea groups is 1. The summed E-state index contributed by atoms with van der Waals surface area (Å²) in [5.74, 6) is -0.126. The highest BCUT2D eigenvalue weighted by atomic mass is 32.1. The lowest BCUT2D eigenvalue weighted by molar-refractivity contribution is -0.120. The van der Waals surface area contributed by atoms with E-state index in [1.165, 1.54) is 30.6 Å². The molecule has 0 unspecified atom stereocenters. The fourth-order valence-electron chi connectivity index (χ4n) is 2.93. The highest BCUT2D eigenvalue weighted by molar-refractivity contribution is 7.13. The SMILES string of the molecule is O=C(Cc1csc(NC(=O)NC2CCCCC2)n1)NCc1ccccn1. The largest absolute Gasteiger partial charge is 0.350 e. The van der Waals surface area contributed by atoms with Gasteiger partial charge in [-0.3, -0.25) is 15.1 Å². The molecule has 26 heavy (non-hydrogen) atoms. The molecule has 0 bridgehead atoms. The van der Waals surface area contributed by atoms with Gasteiger partial charge in [-0.1, -0.05) is 25.3 Å². The van der Waals surface area contributed by atoms with Crippen LogP contribution in [0.2, 0.25) is 0 Å². The Labute approximate surface area is 156 Å². The van der Waals surface area contributed by atoms with Crippen LogP contribution in [0, 0.1) is 0 Å². The van der Waals surface area contributed by atoms with Gasteiger partial charge >= 0.3 is 6.03 Å². The molecule has 138 valence electrons. The second-order valence-electron chi connectivity index (χ2n) is 6.35. The maximum Gasteiger partial charge on any atom is 0.321 e. The van der Waals surface area contributed by atoms with E-state index in [1.54, 1.807) is 11.6 Å². The minimum Gasteiger partial charge on any atom is -0.350 e. The van der Waals surface area contributed by atoms with Gasteiger partial charge in [0, 0.05) is 17.6 Å². The molecular formula is C18H23N5O2S. The second kappa shape index (κ2) is 9.28. The lowest BCUT2D eigenvalue weighted by Crippen LogP contribution is -2.39. The van der Waals surface area contributed by atoms with Crippen molar-refractivity contribution in [3.63, 3.8) is 0 Å². The first-order valence-corrected chi connectivity index (χ1v) is 9.75. The van der Waals surface area contributed by atoms with Crippen molar-refractivity contribution in [2.24, 2.45) is 0 Å². The van der Waals surface area contributed by atoms with Gasteiger partial charge in [-0.15, -0.1) is 11.3 Å². The molecule has 1 saturated carbocycles. The van der Waals surface area contributed by atoms with Crippen molar-refractivity contribution in [2.75, 3.05) is 5.32 Å². The van der Waals surface area contributed by atoms with Gasteiger partial charge in [-0.05, 0) is 25.0 Å². The zero-order chi connectivity index (χ0) is 18.2. The maximum absolute atomic E-state index is 12.0. The summed E-state index contributed by atoms with van der Waals surface area (Å²) in [6.07, 6.45) is 7.52. The minimum absolute atomic E-state index is 0.126. The highest BCUT2D eigenvalue weighted by Crippen LogP contribution is 2.19. The van der Waals surface area contributed by atoms with Crippen molar-refractivity contribution in [3.8, 4) is 0 Å². The van der Waals surface area contributed by atoms with Gasteiger partial charge < -0.3 is 10.6 Å². The van der Waals surface area contributed by atoms with Crippen LogP contribution < -0.4 is 16.0 Å². The van der Waals surface area contributed by atoms with Crippen LogP contribution in [0.5, 0.6) is 0 Å². The van der Waals surface area contributed by atoms with E-state index < -0.39 is 0 Å². The van der Waals surface area contributed by atoms with E-state index in [1.807, 2.05) is 18.2 Å². The van der Waals surface area contributed by atoms with Crippen molar-refractivity contribution in [1.29, 1.82) is 0 Å². The van der Waals surface area contributed by atoms with Crippen molar-refractivity contribution < 1.29 is 9.59 Å². The summed E-state index contributed by atoms with van der Waals surface area (Å²) in [4.78, 5) is 32.5. The van der Waals surface area contributed by atoms with Gasteiger partial charge in [0.2, 0.25) is 5.91 Å². The molecule has 3 rings (SSSR count). The number of anilines is 1. The van der Waals surface area contributed by atoms with E-state index in [0.717, 1.165) is 18.5 Å². The maximum atomic E-state index is 12.0. The molecule has 1 fully saturated rings. The van der Waals surface area contributed by atoms with Crippen molar-refractivity contribution in [1.82, 2.24) is 20.6 Å². The third-order valence-electron chi connectivity index (χ3n) is 4.25. The van der Waals surface area contributed by atoms with Crippen molar-refractivity contribution in [3.05, 3.63) is 41.2 Å². The van der Waals surface area contributed by atoms with Crippen LogP contribution in [-0.4, -0.2) is 27.9 Å². The molecule has 8 heteroatoms. The van der Waals surface area contributed by atoms with Crippen LogP contribution in [0.25, 0.3) is 0 Å². The number of aromatic nitrogens is 2. The highest BCUT2D eigenvalue weighted by Gasteiger charge is 2.16. The predicted molar refractivity (Wildman–Crippen MR) is 101 cm³/mol. The zero-order valence-corrected chi connectivity index (χ0v) is 15.3. The molecule has 0 radical (unpaired) electrons. The van der Waals surface area contributed by atoms with E-state index in [9.17, 15) is 9.59 Å². The van der Waals surface area contributed by atoms with Crippen molar-refractivity contribution >= 4 is 28.4 Å². The fourth-order valence-corrected chi connectivity index (χ4v) is 3.64. The second-order valence-corrected chi connectivity index (χ2v) is 7.21. The molecule has 0 aliphatic heterocycles. The summed E-state index contributed by atoms with van der Waals surface area (Å²) in [6.45, 7) is 0.388. The number of nitrogens with one attached hydrogen (secondary N) is 3. The molecule has 3 N–H and O–H groups in total. The quantitative estimate of drug-likeness (QED) is 0.725. The fraction of sp³-hybridized carbons (Fsp3) is 0.444. The molecule has 2 aromatic heterocycles. The van der Waals surface area contributed by atoms with E-state index >= 15 is 0 Å². The molecule has 7 nitrogen and oxygen atoms in total. The van der Waals surface area contributed by atoms with E-state index in [-0.39, 0.29) is 24.4 Å². The Morgan fingerprint density at radius 1 is 1.15 bits per heavy atom. The Morgan fingerprint density at radius 2 is 2.00 bits per heavy atom.